The quantitative estimate of drug-likeness (QED) is 0.737. The lowest BCUT2D eigenvalue weighted by atomic mass is 9.92. The number of carbonyl (C=O) groups is 1. The van der Waals surface area contributed by atoms with Crippen LogP contribution in [0.1, 0.15) is 36.0 Å². The molecule has 0 aliphatic carbocycles. The molecule has 6 heteroatoms. The summed E-state index contributed by atoms with van der Waals surface area (Å²) in [7, 11) is -3.64. The Morgan fingerprint density at radius 1 is 1.23 bits per heavy atom. The van der Waals surface area contributed by atoms with Gasteiger partial charge in [0.05, 0.1) is 11.6 Å². The first-order valence-corrected chi connectivity index (χ1v) is 9.94. The molecular formula is C16H19O4PS. The van der Waals surface area contributed by atoms with E-state index in [0.717, 1.165) is 0 Å². The maximum atomic E-state index is 12.8. The van der Waals surface area contributed by atoms with Gasteiger partial charge in [-0.25, -0.2) is 0 Å². The van der Waals surface area contributed by atoms with Gasteiger partial charge in [-0.15, -0.1) is 0 Å². The Balaban J connectivity index is 2.55. The number of aliphatic carboxylic acids is 1. The van der Waals surface area contributed by atoms with E-state index >= 15 is 0 Å². The van der Waals surface area contributed by atoms with E-state index in [4.69, 9.17) is 0 Å². The van der Waals surface area contributed by atoms with Crippen molar-refractivity contribution in [2.75, 3.05) is 6.16 Å². The molecule has 1 aromatic heterocycles. The summed E-state index contributed by atoms with van der Waals surface area (Å²) in [6.45, 7) is 1.83. The Morgan fingerprint density at radius 2 is 1.91 bits per heavy atom. The second-order valence-electron chi connectivity index (χ2n) is 5.21. The van der Waals surface area contributed by atoms with Crippen molar-refractivity contribution < 1.29 is 19.4 Å². The van der Waals surface area contributed by atoms with Crippen molar-refractivity contribution in [3.63, 3.8) is 0 Å². The van der Waals surface area contributed by atoms with Crippen molar-refractivity contribution in [3.05, 3.63) is 58.3 Å². The van der Waals surface area contributed by atoms with E-state index in [1.165, 1.54) is 11.3 Å². The molecule has 0 radical (unpaired) electrons. The van der Waals surface area contributed by atoms with Crippen LogP contribution < -0.4 is 0 Å². The molecule has 0 bridgehead atoms. The summed E-state index contributed by atoms with van der Waals surface area (Å²) in [4.78, 5) is 22.4. The van der Waals surface area contributed by atoms with Crippen LogP contribution in [0.3, 0.4) is 0 Å². The highest BCUT2D eigenvalue weighted by molar-refractivity contribution is 7.58. The fourth-order valence-electron chi connectivity index (χ4n) is 2.68. The lowest BCUT2D eigenvalue weighted by Crippen LogP contribution is -2.21. The summed E-state index contributed by atoms with van der Waals surface area (Å²) in [6.07, 6.45) is 0.652. The predicted octanol–water partition coefficient (Wildman–Crippen LogP) is 4.34. The highest BCUT2D eigenvalue weighted by atomic mass is 32.1. The number of rotatable bonds is 7. The summed E-state index contributed by atoms with van der Waals surface area (Å²) in [6, 6.07) is 10.4. The van der Waals surface area contributed by atoms with Crippen molar-refractivity contribution in [1.82, 2.24) is 0 Å². The van der Waals surface area contributed by atoms with E-state index in [9.17, 15) is 19.4 Å². The number of thiophene rings is 1. The van der Waals surface area contributed by atoms with Crippen molar-refractivity contribution in [3.8, 4) is 0 Å². The predicted molar refractivity (Wildman–Crippen MR) is 88.9 cm³/mol. The average Bonchev–Trinajstić information content (AvgIpc) is 2.98. The van der Waals surface area contributed by atoms with E-state index in [1.54, 1.807) is 47.2 Å². The zero-order chi connectivity index (χ0) is 16.2. The smallest absolute Gasteiger partial charge is 0.312 e. The van der Waals surface area contributed by atoms with Crippen LogP contribution in [0.2, 0.25) is 0 Å². The Hall–Kier alpha value is -1.42. The number of carboxylic acid groups (broad SMARTS) is 1. The van der Waals surface area contributed by atoms with E-state index in [-0.39, 0.29) is 6.16 Å². The van der Waals surface area contributed by atoms with Gasteiger partial charge in [0, 0.05) is 6.16 Å². The molecule has 2 rings (SSSR count). The second-order valence-corrected chi connectivity index (χ2v) is 8.50. The third-order valence-electron chi connectivity index (χ3n) is 3.60. The second kappa shape index (κ2) is 7.23. The lowest BCUT2D eigenvalue weighted by molar-refractivity contribution is -0.139. The minimum absolute atomic E-state index is 0.115. The van der Waals surface area contributed by atoms with Gasteiger partial charge in [-0.1, -0.05) is 37.3 Å². The highest BCUT2D eigenvalue weighted by Crippen LogP contribution is 2.62. The van der Waals surface area contributed by atoms with Gasteiger partial charge in [0.2, 0.25) is 7.37 Å². The van der Waals surface area contributed by atoms with Gasteiger partial charge >= 0.3 is 5.97 Å². The Bertz CT molecular complexity index is 654. The first-order valence-electron chi connectivity index (χ1n) is 7.08. The van der Waals surface area contributed by atoms with E-state index < -0.39 is 24.9 Å². The van der Waals surface area contributed by atoms with Gasteiger partial charge in [-0.2, -0.15) is 11.3 Å². The molecule has 0 amide bonds. The standard InChI is InChI=1S/C16H19O4PS/c1-2-9-21(19,20)15(13-8-10-22-11-13)14(16(17)18)12-6-4-3-5-7-12/h3-8,10-11,14-15H,2,9H2,1H3,(H,17,18)(H,19,20). The molecule has 3 atom stereocenters. The first kappa shape index (κ1) is 16.9. The Morgan fingerprint density at radius 3 is 2.41 bits per heavy atom. The molecule has 0 saturated heterocycles. The monoisotopic (exact) mass is 338 g/mol. The van der Waals surface area contributed by atoms with Crippen molar-refractivity contribution in [1.29, 1.82) is 0 Å². The van der Waals surface area contributed by atoms with Crippen LogP contribution in [0.25, 0.3) is 0 Å². The van der Waals surface area contributed by atoms with Crippen LogP contribution in [0.5, 0.6) is 0 Å². The Labute approximate surface area is 133 Å². The van der Waals surface area contributed by atoms with Crippen LogP contribution in [-0.4, -0.2) is 22.1 Å². The molecule has 2 N–H and O–H groups in total. The molecular weight excluding hydrogens is 319 g/mol. The zero-order valence-electron chi connectivity index (χ0n) is 12.3. The van der Waals surface area contributed by atoms with Crippen LogP contribution in [0.15, 0.2) is 47.2 Å². The zero-order valence-corrected chi connectivity index (χ0v) is 14.0. The van der Waals surface area contributed by atoms with Crippen LogP contribution in [-0.2, 0) is 9.36 Å². The molecule has 2 aromatic rings. The van der Waals surface area contributed by atoms with Crippen molar-refractivity contribution in [2.45, 2.75) is 24.9 Å². The Kier molecular flexibility index (Phi) is 5.57. The fourth-order valence-corrected chi connectivity index (χ4v) is 5.79. The first-order chi connectivity index (χ1) is 10.5. The van der Waals surface area contributed by atoms with Crippen molar-refractivity contribution >= 4 is 24.7 Å². The minimum atomic E-state index is -3.64. The molecule has 0 spiro atoms. The molecule has 0 aliphatic rings. The van der Waals surface area contributed by atoms with Crippen molar-refractivity contribution in [2.24, 2.45) is 0 Å². The molecule has 0 saturated carbocycles. The fraction of sp³-hybridized carbons (Fsp3) is 0.312. The van der Waals surface area contributed by atoms with Crippen LogP contribution in [0.4, 0.5) is 0 Å². The van der Waals surface area contributed by atoms with Gasteiger partial charge in [0.25, 0.3) is 0 Å². The largest absolute Gasteiger partial charge is 0.481 e. The molecule has 0 aliphatic heterocycles. The highest BCUT2D eigenvalue weighted by Gasteiger charge is 2.42. The van der Waals surface area contributed by atoms with E-state index in [2.05, 4.69) is 0 Å². The maximum absolute atomic E-state index is 12.8. The maximum Gasteiger partial charge on any atom is 0.312 e. The van der Waals surface area contributed by atoms with Gasteiger partial charge in [0.1, 0.15) is 0 Å². The normalized spacial score (nSPS) is 16.6. The summed E-state index contributed by atoms with van der Waals surface area (Å²) < 4.78 is 12.8. The third-order valence-corrected chi connectivity index (χ3v) is 6.86. The third kappa shape index (κ3) is 3.67. The number of hydrogen-bond acceptors (Lipinski definition) is 3. The lowest BCUT2D eigenvalue weighted by Gasteiger charge is -2.28. The summed E-state index contributed by atoms with van der Waals surface area (Å²) in [5, 5.41) is 13.3. The van der Waals surface area contributed by atoms with Crippen LogP contribution in [0, 0.1) is 0 Å². The topological polar surface area (TPSA) is 74.6 Å². The molecule has 118 valence electrons. The molecule has 0 fully saturated rings. The molecule has 3 unspecified atom stereocenters. The van der Waals surface area contributed by atoms with Crippen LogP contribution >= 0.6 is 18.7 Å². The van der Waals surface area contributed by atoms with E-state index in [1.807, 2.05) is 6.92 Å². The average molecular weight is 338 g/mol. The number of carboxylic acids is 1. The summed E-state index contributed by atoms with van der Waals surface area (Å²) in [5.41, 5.74) is 0.260. The molecule has 4 nitrogen and oxygen atoms in total. The van der Waals surface area contributed by atoms with Gasteiger partial charge in [-0.05, 0) is 34.4 Å². The van der Waals surface area contributed by atoms with E-state index in [0.29, 0.717) is 17.5 Å². The number of hydrogen-bond donors (Lipinski definition) is 2. The summed E-state index contributed by atoms with van der Waals surface area (Å²) >= 11 is 1.40. The number of benzene rings is 1. The van der Waals surface area contributed by atoms with Gasteiger partial charge in [-0.3, -0.25) is 9.36 Å². The van der Waals surface area contributed by atoms with Gasteiger partial charge < -0.3 is 10.00 Å². The minimum Gasteiger partial charge on any atom is -0.481 e. The summed E-state index contributed by atoms with van der Waals surface area (Å²) in [5.74, 6) is -2.11. The molecule has 1 heterocycles. The SMILES string of the molecule is CCCP(=O)(O)C(c1ccsc1)C(C(=O)O)c1ccccc1. The molecule has 22 heavy (non-hydrogen) atoms. The van der Waals surface area contributed by atoms with Gasteiger partial charge in [0.15, 0.2) is 0 Å². The molecule has 1 aromatic carbocycles.